The van der Waals surface area contributed by atoms with Crippen LogP contribution < -0.4 is 10.6 Å². The van der Waals surface area contributed by atoms with Crippen molar-refractivity contribution in [3.8, 4) is 0 Å². The Morgan fingerprint density at radius 3 is 2.61 bits per heavy atom. The highest BCUT2D eigenvalue weighted by molar-refractivity contribution is 5.96. The number of benzene rings is 1. The first-order valence-corrected chi connectivity index (χ1v) is 5.37. The van der Waals surface area contributed by atoms with E-state index in [1.54, 1.807) is 11.9 Å². The van der Waals surface area contributed by atoms with Crippen molar-refractivity contribution in [1.29, 1.82) is 0 Å². The molecule has 0 amide bonds. The van der Waals surface area contributed by atoms with E-state index in [0.717, 1.165) is 5.69 Å². The predicted molar refractivity (Wildman–Crippen MR) is 70.1 cm³/mol. The van der Waals surface area contributed by atoms with Crippen molar-refractivity contribution in [1.82, 2.24) is 4.98 Å². The molecular weight excluding hydrogens is 230 g/mol. The number of rotatable bonds is 3. The third-order valence-electron chi connectivity index (χ3n) is 2.64. The molecule has 0 unspecified atom stereocenters. The van der Waals surface area contributed by atoms with Crippen molar-refractivity contribution in [3.05, 3.63) is 48.2 Å². The molecular formula is C13H13N3O2. The second kappa shape index (κ2) is 4.75. The Kier molecular flexibility index (Phi) is 3.14. The number of carbonyl (C=O) groups is 1. The lowest BCUT2D eigenvalue weighted by Gasteiger charge is -2.20. The molecule has 1 heterocycles. The van der Waals surface area contributed by atoms with Gasteiger partial charge in [-0.3, -0.25) is 0 Å². The van der Waals surface area contributed by atoms with E-state index in [2.05, 4.69) is 4.98 Å². The molecule has 1 aromatic carbocycles. The van der Waals surface area contributed by atoms with Crippen LogP contribution in [0.2, 0.25) is 0 Å². The third-order valence-corrected chi connectivity index (χ3v) is 2.64. The summed E-state index contributed by atoms with van der Waals surface area (Å²) in [6.45, 7) is 0. The topological polar surface area (TPSA) is 79.5 Å². The fourth-order valence-electron chi connectivity index (χ4n) is 1.69. The Bertz CT molecular complexity index is 570. The minimum absolute atomic E-state index is 0.133. The molecule has 0 fully saturated rings. The summed E-state index contributed by atoms with van der Waals surface area (Å²) in [7, 11) is 1.79. The summed E-state index contributed by atoms with van der Waals surface area (Å²) >= 11 is 0. The molecule has 0 radical (unpaired) electrons. The van der Waals surface area contributed by atoms with Crippen molar-refractivity contribution in [2.24, 2.45) is 0 Å². The standard InChI is InChI=1S/C13H13N3O2/c1-16(9-5-3-2-4-6-9)11-8-15-12(14)7-10(11)13(17)18/h2-8H,1H3,(H2,14,15)(H,17,18). The van der Waals surface area contributed by atoms with Crippen molar-refractivity contribution in [2.45, 2.75) is 0 Å². The molecule has 0 spiro atoms. The van der Waals surface area contributed by atoms with Crippen LogP contribution in [-0.4, -0.2) is 23.1 Å². The number of pyridine rings is 1. The van der Waals surface area contributed by atoms with Gasteiger partial charge in [-0.05, 0) is 18.2 Å². The molecule has 1 aromatic heterocycles. The first-order chi connectivity index (χ1) is 8.59. The van der Waals surface area contributed by atoms with E-state index < -0.39 is 5.97 Å². The van der Waals surface area contributed by atoms with Crippen LogP contribution in [0.15, 0.2) is 42.6 Å². The first kappa shape index (κ1) is 11.9. The highest BCUT2D eigenvalue weighted by Gasteiger charge is 2.15. The van der Waals surface area contributed by atoms with Crippen LogP contribution in [0, 0.1) is 0 Å². The van der Waals surface area contributed by atoms with Gasteiger partial charge >= 0.3 is 5.97 Å². The van der Waals surface area contributed by atoms with Gasteiger partial charge in [-0.15, -0.1) is 0 Å². The summed E-state index contributed by atoms with van der Waals surface area (Å²) in [5, 5.41) is 9.18. The number of hydrogen-bond donors (Lipinski definition) is 2. The molecule has 5 heteroatoms. The number of carboxylic acid groups (broad SMARTS) is 1. The van der Waals surface area contributed by atoms with Gasteiger partial charge in [0.25, 0.3) is 0 Å². The second-order valence-corrected chi connectivity index (χ2v) is 3.83. The number of nitrogens with two attached hydrogens (primary N) is 1. The molecule has 92 valence electrons. The van der Waals surface area contributed by atoms with Crippen LogP contribution in [0.1, 0.15) is 10.4 Å². The van der Waals surface area contributed by atoms with Crippen LogP contribution in [-0.2, 0) is 0 Å². The Hall–Kier alpha value is -2.56. The zero-order chi connectivity index (χ0) is 13.1. The number of anilines is 3. The molecule has 0 aliphatic carbocycles. The monoisotopic (exact) mass is 243 g/mol. The van der Waals surface area contributed by atoms with Gasteiger partial charge < -0.3 is 15.7 Å². The Balaban J connectivity index is 2.48. The van der Waals surface area contributed by atoms with E-state index in [-0.39, 0.29) is 11.4 Å². The summed E-state index contributed by atoms with van der Waals surface area (Å²) in [5.41, 5.74) is 7.03. The average Bonchev–Trinajstić information content (AvgIpc) is 2.39. The van der Waals surface area contributed by atoms with Gasteiger partial charge in [-0.25, -0.2) is 9.78 Å². The van der Waals surface area contributed by atoms with Gasteiger partial charge in [0.2, 0.25) is 0 Å². The lowest BCUT2D eigenvalue weighted by Crippen LogP contribution is -2.15. The molecule has 5 nitrogen and oxygen atoms in total. The van der Waals surface area contributed by atoms with E-state index in [1.165, 1.54) is 12.3 Å². The summed E-state index contributed by atoms with van der Waals surface area (Å²) in [6, 6.07) is 10.8. The fraction of sp³-hybridized carbons (Fsp3) is 0.0769. The largest absolute Gasteiger partial charge is 0.478 e. The van der Waals surface area contributed by atoms with Crippen LogP contribution in [0.5, 0.6) is 0 Å². The van der Waals surface area contributed by atoms with E-state index in [4.69, 9.17) is 5.73 Å². The van der Waals surface area contributed by atoms with Crippen LogP contribution >= 0.6 is 0 Å². The van der Waals surface area contributed by atoms with Crippen LogP contribution in [0.3, 0.4) is 0 Å². The predicted octanol–water partition coefficient (Wildman–Crippen LogP) is 2.13. The van der Waals surface area contributed by atoms with Gasteiger partial charge in [-0.1, -0.05) is 18.2 Å². The molecule has 0 saturated carbocycles. The summed E-state index contributed by atoms with van der Waals surface area (Å²) in [5.74, 6) is -0.834. The molecule has 3 N–H and O–H groups in total. The molecule has 0 aliphatic heterocycles. The molecule has 2 aromatic rings. The molecule has 2 rings (SSSR count). The van der Waals surface area contributed by atoms with Crippen molar-refractivity contribution >= 4 is 23.2 Å². The maximum absolute atomic E-state index is 11.2. The number of aromatic carboxylic acids is 1. The highest BCUT2D eigenvalue weighted by atomic mass is 16.4. The van der Waals surface area contributed by atoms with Crippen molar-refractivity contribution < 1.29 is 9.90 Å². The van der Waals surface area contributed by atoms with Crippen molar-refractivity contribution in [2.75, 3.05) is 17.7 Å². The maximum Gasteiger partial charge on any atom is 0.338 e. The summed E-state index contributed by atoms with van der Waals surface area (Å²) < 4.78 is 0. The zero-order valence-electron chi connectivity index (χ0n) is 9.87. The Morgan fingerprint density at radius 1 is 1.33 bits per heavy atom. The highest BCUT2D eigenvalue weighted by Crippen LogP contribution is 2.27. The molecule has 0 atom stereocenters. The Labute approximate surface area is 104 Å². The lowest BCUT2D eigenvalue weighted by atomic mass is 10.2. The average molecular weight is 243 g/mol. The van der Waals surface area contributed by atoms with E-state index in [9.17, 15) is 9.90 Å². The van der Waals surface area contributed by atoms with Crippen molar-refractivity contribution in [3.63, 3.8) is 0 Å². The third kappa shape index (κ3) is 2.24. The van der Waals surface area contributed by atoms with Gasteiger partial charge in [0, 0.05) is 12.7 Å². The van der Waals surface area contributed by atoms with E-state index >= 15 is 0 Å². The lowest BCUT2D eigenvalue weighted by molar-refractivity contribution is 0.0697. The number of carboxylic acids is 1. The van der Waals surface area contributed by atoms with Crippen LogP contribution in [0.4, 0.5) is 17.2 Å². The van der Waals surface area contributed by atoms with Gasteiger partial charge in [0.05, 0.1) is 17.4 Å². The van der Waals surface area contributed by atoms with Gasteiger partial charge in [0.15, 0.2) is 0 Å². The molecule has 0 bridgehead atoms. The fourth-order valence-corrected chi connectivity index (χ4v) is 1.69. The quantitative estimate of drug-likeness (QED) is 0.863. The minimum atomic E-state index is -1.03. The van der Waals surface area contributed by atoms with Crippen LogP contribution in [0.25, 0.3) is 0 Å². The first-order valence-electron chi connectivity index (χ1n) is 5.37. The summed E-state index contributed by atoms with van der Waals surface area (Å²) in [6.07, 6.45) is 1.46. The number of para-hydroxylation sites is 1. The smallest absolute Gasteiger partial charge is 0.338 e. The van der Waals surface area contributed by atoms with Gasteiger partial charge in [0.1, 0.15) is 5.82 Å². The van der Waals surface area contributed by atoms with E-state index in [0.29, 0.717) is 5.69 Å². The number of nitrogen functional groups attached to an aromatic ring is 1. The SMILES string of the molecule is CN(c1ccccc1)c1cnc(N)cc1C(=O)O. The minimum Gasteiger partial charge on any atom is -0.478 e. The Morgan fingerprint density at radius 2 is 2.00 bits per heavy atom. The van der Waals surface area contributed by atoms with E-state index in [1.807, 2.05) is 30.3 Å². The second-order valence-electron chi connectivity index (χ2n) is 3.83. The summed E-state index contributed by atoms with van der Waals surface area (Å²) in [4.78, 5) is 16.9. The zero-order valence-corrected chi connectivity index (χ0v) is 9.87. The normalized spacial score (nSPS) is 10.1. The maximum atomic E-state index is 11.2. The number of nitrogens with zero attached hydrogens (tertiary/aromatic N) is 2. The van der Waals surface area contributed by atoms with Gasteiger partial charge in [-0.2, -0.15) is 0 Å². The molecule has 0 aliphatic rings. The number of hydrogen-bond acceptors (Lipinski definition) is 4. The number of aromatic nitrogens is 1. The molecule has 0 saturated heterocycles. The molecule has 18 heavy (non-hydrogen) atoms.